The van der Waals surface area contributed by atoms with Gasteiger partial charge in [-0.1, -0.05) is 0 Å². The van der Waals surface area contributed by atoms with Crippen molar-refractivity contribution in [2.45, 2.75) is 32.7 Å². The highest BCUT2D eigenvalue weighted by molar-refractivity contribution is 5.81. The second kappa shape index (κ2) is 8.10. The Morgan fingerprint density at radius 2 is 1.94 bits per heavy atom. The Kier molecular flexibility index (Phi) is 7.54. The average molecular weight is 230 g/mol. The molecular weight excluding hydrogens is 208 g/mol. The van der Waals surface area contributed by atoms with Crippen LogP contribution in [-0.4, -0.2) is 50.1 Å². The number of hydrogen-bond donors (Lipinski definition) is 1. The third-order valence-electron chi connectivity index (χ3n) is 1.91. The molecule has 5 heteroatoms. The SMILES string of the molecule is CCOC(=O)CCC(=O)NC(C)CN(C)C. The highest BCUT2D eigenvalue weighted by atomic mass is 16.5. The van der Waals surface area contributed by atoms with E-state index in [1.165, 1.54) is 0 Å². The Morgan fingerprint density at radius 1 is 1.31 bits per heavy atom. The summed E-state index contributed by atoms with van der Waals surface area (Å²) in [5.41, 5.74) is 0. The van der Waals surface area contributed by atoms with Crippen LogP contribution in [0.25, 0.3) is 0 Å². The molecule has 0 aromatic carbocycles. The van der Waals surface area contributed by atoms with E-state index in [0.29, 0.717) is 6.61 Å². The lowest BCUT2D eigenvalue weighted by Crippen LogP contribution is -2.39. The number of nitrogens with zero attached hydrogens (tertiary/aromatic N) is 1. The minimum absolute atomic E-state index is 0.0877. The molecule has 0 aliphatic rings. The van der Waals surface area contributed by atoms with Crippen molar-refractivity contribution in [3.8, 4) is 0 Å². The van der Waals surface area contributed by atoms with Gasteiger partial charge in [0.05, 0.1) is 13.0 Å². The van der Waals surface area contributed by atoms with E-state index >= 15 is 0 Å². The van der Waals surface area contributed by atoms with Gasteiger partial charge in [0.1, 0.15) is 0 Å². The van der Waals surface area contributed by atoms with Crippen LogP contribution in [0.2, 0.25) is 0 Å². The zero-order valence-electron chi connectivity index (χ0n) is 10.6. The van der Waals surface area contributed by atoms with Gasteiger partial charge in [0.15, 0.2) is 0 Å². The summed E-state index contributed by atoms with van der Waals surface area (Å²) < 4.78 is 4.73. The van der Waals surface area contributed by atoms with Crippen LogP contribution in [0.3, 0.4) is 0 Å². The van der Waals surface area contributed by atoms with Crippen LogP contribution >= 0.6 is 0 Å². The van der Waals surface area contributed by atoms with Gasteiger partial charge in [0.25, 0.3) is 0 Å². The maximum atomic E-state index is 11.4. The maximum Gasteiger partial charge on any atom is 0.306 e. The zero-order chi connectivity index (χ0) is 12.6. The van der Waals surface area contributed by atoms with E-state index in [9.17, 15) is 9.59 Å². The Labute approximate surface area is 97.1 Å². The number of ether oxygens (including phenoxy) is 1. The Morgan fingerprint density at radius 3 is 2.44 bits per heavy atom. The summed E-state index contributed by atoms with van der Waals surface area (Å²) in [7, 11) is 3.89. The predicted molar refractivity (Wildman–Crippen MR) is 62.0 cm³/mol. The number of rotatable bonds is 7. The minimum Gasteiger partial charge on any atom is -0.466 e. The molecule has 0 saturated carbocycles. The van der Waals surface area contributed by atoms with Gasteiger partial charge in [-0.05, 0) is 27.9 Å². The zero-order valence-corrected chi connectivity index (χ0v) is 10.6. The molecule has 0 spiro atoms. The van der Waals surface area contributed by atoms with Crippen LogP contribution in [0, 0.1) is 0 Å². The molecule has 0 aromatic rings. The number of carbonyl (C=O) groups is 2. The van der Waals surface area contributed by atoms with Crippen molar-refractivity contribution in [2.24, 2.45) is 0 Å². The fourth-order valence-corrected chi connectivity index (χ4v) is 1.39. The molecule has 0 aliphatic carbocycles. The molecule has 94 valence electrons. The first-order chi connectivity index (χ1) is 7.45. The van der Waals surface area contributed by atoms with E-state index in [2.05, 4.69) is 5.32 Å². The van der Waals surface area contributed by atoms with Crippen molar-refractivity contribution in [3.05, 3.63) is 0 Å². The molecule has 0 bridgehead atoms. The minimum atomic E-state index is -0.321. The fraction of sp³-hybridized carbons (Fsp3) is 0.818. The smallest absolute Gasteiger partial charge is 0.306 e. The van der Waals surface area contributed by atoms with Crippen molar-refractivity contribution in [2.75, 3.05) is 27.2 Å². The largest absolute Gasteiger partial charge is 0.466 e. The molecule has 1 unspecified atom stereocenters. The van der Waals surface area contributed by atoms with Gasteiger partial charge in [0, 0.05) is 19.0 Å². The predicted octanol–water partition coefficient (Wildman–Crippen LogP) is 0.396. The first-order valence-electron chi connectivity index (χ1n) is 5.55. The number of amides is 1. The molecule has 1 atom stereocenters. The van der Waals surface area contributed by atoms with E-state index in [4.69, 9.17) is 4.74 Å². The van der Waals surface area contributed by atoms with E-state index in [1.807, 2.05) is 25.9 Å². The van der Waals surface area contributed by atoms with Crippen LogP contribution < -0.4 is 5.32 Å². The lowest BCUT2D eigenvalue weighted by atomic mass is 10.2. The third kappa shape index (κ3) is 8.23. The summed E-state index contributed by atoms with van der Waals surface area (Å²) >= 11 is 0. The monoisotopic (exact) mass is 230 g/mol. The van der Waals surface area contributed by atoms with Crippen LogP contribution in [0.15, 0.2) is 0 Å². The van der Waals surface area contributed by atoms with E-state index in [1.54, 1.807) is 6.92 Å². The van der Waals surface area contributed by atoms with Crippen molar-refractivity contribution < 1.29 is 14.3 Å². The molecule has 0 aromatic heterocycles. The van der Waals surface area contributed by atoms with Crippen molar-refractivity contribution in [1.82, 2.24) is 10.2 Å². The van der Waals surface area contributed by atoms with Gasteiger partial charge in [0.2, 0.25) is 5.91 Å². The lowest BCUT2D eigenvalue weighted by Gasteiger charge is -2.18. The summed E-state index contributed by atoms with van der Waals surface area (Å²) in [6.07, 6.45) is 0.338. The molecule has 1 N–H and O–H groups in total. The molecule has 0 fully saturated rings. The molecule has 0 heterocycles. The summed E-state index contributed by atoms with van der Waals surface area (Å²) in [6.45, 7) is 4.82. The molecule has 0 rings (SSSR count). The van der Waals surface area contributed by atoms with Gasteiger partial charge in [-0.2, -0.15) is 0 Å². The quantitative estimate of drug-likeness (QED) is 0.643. The summed E-state index contributed by atoms with van der Waals surface area (Å²) in [6, 6.07) is 0.0877. The summed E-state index contributed by atoms with van der Waals surface area (Å²) in [4.78, 5) is 24.4. The fourth-order valence-electron chi connectivity index (χ4n) is 1.39. The number of likely N-dealkylation sites (N-methyl/N-ethyl adjacent to an activating group) is 1. The summed E-state index contributed by atoms with van der Waals surface area (Å²) in [5, 5.41) is 2.82. The lowest BCUT2D eigenvalue weighted by molar-refractivity contribution is -0.144. The van der Waals surface area contributed by atoms with Crippen LogP contribution in [0.5, 0.6) is 0 Å². The van der Waals surface area contributed by atoms with Crippen molar-refractivity contribution in [3.63, 3.8) is 0 Å². The molecule has 0 aliphatic heterocycles. The van der Waals surface area contributed by atoms with Gasteiger partial charge in [-0.15, -0.1) is 0 Å². The topological polar surface area (TPSA) is 58.6 Å². The van der Waals surface area contributed by atoms with Gasteiger partial charge in [-0.25, -0.2) is 0 Å². The molecular formula is C11H22N2O3. The van der Waals surface area contributed by atoms with Crippen LogP contribution in [0.1, 0.15) is 26.7 Å². The molecule has 0 radical (unpaired) electrons. The third-order valence-corrected chi connectivity index (χ3v) is 1.91. The normalized spacial score (nSPS) is 12.3. The molecule has 5 nitrogen and oxygen atoms in total. The average Bonchev–Trinajstić information content (AvgIpc) is 2.13. The number of nitrogens with one attached hydrogen (secondary N) is 1. The van der Waals surface area contributed by atoms with Crippen LogP contribution in [0.4, 0.5) is 0 Å². The van der Waals surface area contributed by atoms with Crippen molar-refractivity contribution in [1.29, 1.82) is 0 Å². The second-order valence-electron chi connectivity index (χ2n) is 4.04. The molecule has 0 saturated heterocycles. The van der Waals surface area contributed by atoms with E-state index < -0.39 is 0 Å². The first kappa shape index (κ1) is 14.9. The molecule has 1 amide bonds. The highest BCUT2D eigenvalue weighted by Crippen LogP contribution is 1.94. The number of hydrogen-bond acceptors (Lipinski definition) is 4. The standard InChI is InChI=1S/C11H22N2O3/c1-5-16-11(15)7-6-10(14)12-9(2)8-13(3)4/h9H,5-8H2,1-4H3,(H,12,14). The first-order valence-corrected chi connectivity index (χ1v) is 5.55. The Bertz CT molecular complexity index is 229. The highest BCUT2D eigenvalue weighted by Gasteiger charge is 2.10. The Hall–Kier alpha value is -1.10. The summed E-state index contributed by atoms with van der Waals surface area (Å²) in [5.74, 6) is -0.430. The van der Waals surface area contributed by atoms with Crippen molar-refractivity contribution >= 4 is 11.9 Å². The Balaban J connectivity index is 3.69. The number of carbonyl (C=O) groups excluding carboxylic acids is 2. The maximum absolute atomic E-state index is 11.4. The number of esters is 1. The van der Waals surface area contributed by atoms with Gasteiger partial charge < -0.3 is 15.0 Å². The van der Waals surface area contributed by atoms with E-state index in [0.717, 1.165) is 6.54 Å². The van der Waals surface area contributed by atoms with Gasteiger partial charge >= 0.3 is 5.97 Å². The second-order valence-corrected chi connectivity index (χ2v) is 4.04. The van der Waals surface area contributed by atoms with Gasteiger partial charge in [-0.3, -0.25) is 9.59 Å². The van der Waals surface area contributed by atoms with E-state index in [-0.39, 0.29) is 30.8 Å². The van der Waals surface area contributed by atoms with Crippen LogP contribution in [-0.2, 0) is 14.3 Å². The molecule has 16 heavy (non-hydrogen) atoms.